The van der Waals surface area contributed by atoms with Crippen molar-refractivity contribution in [3.05, 3.63) is 0 Å². The fraction of sp³-hybridized carbons (Fsp3) is 1.00. The third kappa shape index (κ3) is 7.32. The van der Waals surface area contributed by atoms with Gasteiger partial charge in [0.1, 0.15) is 0 Å². The standard InChI is InChI=1S/C9H19NS.C5H12O/c1-3-5-8-9(11)6-7-10(8)4-2;1-2-3-4-5-6/h8-9,11H,3-7H2,1-2H3;6H,2-5H2,1H3. The molecule has 0 aromatic carbocycles. The summed E-state index contributed by atoms with van der Waals surface area (Å²) in [4.78, 5) is 2.56. The lowest BCUT2D eigenvalue weighted by Gasteiger charge is -2.24. The third-order valence-corrected chi connectivity index (χ3v) is 3.98. The van der Waals surface area contributed by atoms with E-state index in [2.05, 4.69) is 38.3 Å². The molecule has 1 heterocycles. The highest BCUT2D eigenvalue weighted by Gasteiger charge is 2.29. The second kappa shape index (κ2) is 11.4. The number of nitrogens with zero attached hydrogens (tertiary/aromatic N) is 1. The zero-order valence-electron chi connectivity index (χ0n) is 11.9. The molecule has 17 heavy (non-hydrogen) atoms. The molecule has 1 N–H and O–H groups in total. The first kappa shape index (κ1) is 17.3. The molecular weight excluding hydrogens is 230 g/mol. The van der Waals surface area contributed by atoms with Gasteiger partial charge in [-0.2, -0.15) is 12.6 Å². The average Bonchev–Trinajstić information content (AvgIpc) is 2.69. The summed E-state index contributed by atoms with van der Waals surface area (Å²) in [5.41, 5.74) is 0. The normalized spacial score (nSPS) is 24.5. The molecular formula is C14H31NOS. The number of hydrogen-bond donors (Lipinski definition) is 2. The molecule has 0 amide bonds. The Morgan fingerprint density at radius 1 is 1.18 bits per heavy atom. The molecule has 0 radical (unpaired) electrons. The Balaban J connectivity index is 0.000000366. The van der Waals surface area contributed by atoms with Crippen molar-refractivity contribution in [1.29, 1.82) is 0 Å². The second-order valence-corrected chi connectivity index (χ2v) is 5.43. The highest BCUT2D eigenvalue weighted by molar-refractivity contribution is 7.81. The minimum atomic E-state index is 0.355. The van der Waals surface area contributed by atoms with Gasteiger partial charge in [0.05, 0.1) is 0 Å². The van der Waals surface area contributed by atoms with Crippen LogP contribution in [0.3, 0.4) is 0 Å². The summed E-state index contributed by atoms with van der Waals surface area (Å²) in [6, 6.07) is 0.758. The lowest BCUT2D eigenvalue weighted by Crippen LogP contribution is -2.32. The van der Waals surface area contributed by atoms with Crippen molar-refractivity contribution in [2.24, 2.45) is 0 Å². The Hall–Kier alpha value is 0.270. The fourth-order valence-electron chi connectivity index (χ4n) is 2.32. The fourth-order valence-corrected chi connectivity index (χ4v) is 2.78. The predicted molar refractivity (Wildman–Crippen MR) is 79.9 cm³/mol. The van der Waals surface area contributed by atoms with Gasteiger partial charge in [0.2, 0.25) is 0 Å². The van der Waals surface area contributed by atoms with Crippen LogP contribution in [-0.2, 0) is 0 Å². The van der Waals surface area contributed by atoms with E-state index in [9.17, 15) is 0 Å². The average molecular weight is 261 g/mol. The Bertz CT molecular complexity index is 162. The van der Waals surface area contributed by atoms with E-state index in [0.717, 1.165) is 18.9 Å². The summed E-state index contributed by atoms with van der Waals surface area (Å²) in [7, 11) is 0. The summed E-state index contributed by atoms with van der Waals surface area (Å²) >= 11 is 4.59. The van der Waals surface area contributed by atoms with Gasteiger partial charge in [0.15, 0.2) is 0 Å². The molecule has 0 aromatic heterocycles. The molecule has 1 aliphatic heterocycles. The number of unbranched alkanes of at least 4 members (excludes halogenated alkanes) is 2. The van der Waals surface area contributed by atoms with Crippen LogP contribution in [0.2, 0.25) is 0 Å². The van der Waals surface area contributed by atoms with E-state index in [0.29, 0.717) is 11.9 Å². The first-order valence-electron chi connectivity index (χ1n) is 7.24. The number of likely N-dealkylation sites (tertiary alicyclic amines) is 1. The second-order valence-electron chi connectivity index (χ2n) is 4.77. The number of hydrogen-bond acceptors (Lipinski definition) is 3. The van der Waals surface area contributed by atoms with Gasteiger partial charge < -0.3 is 5.11 Å². The van der Waals surface area contributed by atoms with Crippen molar-refractivity contribution >= 4 is 12.6 Å². The lowest BCUT2D eigenvalue weighted by molar-refractivity contribution is 0.257. The molecule has 3 heteroatoms. The maximum absolute atomic E-state index is 8.20. The van der Waals surface area contributed by atoms with Crippen LogP contribution in [0.1, 0.15) is 59.3 Å². The van der Waals surface area contributed by atoms with Crippen molar-refractivity contribution in [2.75, 3.05) is 19.7 Å². The quantitative estimate of drug-likeness (QED) is 0.566. The molecule has 0 aliphatic carbocycles. The lowest BCUT2D eigenvalue weighted by atomic mass is 10.1. The molecule has 2 nitrogen and oxygen atoms in total. The van der Waals surface area contributed by atoms with E-state index in [-0.39, 0.29) is 0 Å². The monoisotopic (exact) mass is 261 g/mol. The number of aliphatic hydroxyl groups is 1. The van der Waals surface area contributed by atoms with Gasteiger partial charge in [-0.25, -0.2) is 0 Å². The van der Waals surface area contributed by atoms with E-state index in [1.165, 1.54) is 38.8 Å². The SMILES string of the molecule is CCCC1C(S)CCN1CC.CCCCCO. The maximum Gasteiger partial charge on any atom is 0.0431 e. The van der Waals surface area contributed by atoms with E-state index >= 15 is 0 Å². The Morgan fingerprint density at radius 3 is 2.29 bits per heavy atom. The minimum Gasteiger partial charge on any atom is -0.396 e. The zero-order valence-corrected chi connectivity index (χ0v) is 12.8. The van der Waals surface area contributed by atoms with Crippen LogP contribution in [0.4, 0.5) is 0 Å². The number of aliphatic hydroxyl groups excluding tert-OH is 1. The van der Waals surface area contributed by atoms with Crippen LogP contribution in [0.25, 0.3) is 0 Å². The summed E-state index contributed by atoms with van der Waals surface area (Å²) in [6.45, 7) is 9.43. The molecule has 0 spiro atoms. The summed E-state index contributed by atoms with van der Waals surface area (Å²) in [5, 5.41) is 8.83. The molecule has 0 aromatic rings. The highest BCUT2D eigenvalue weighted by atomic mass is 32.1. The van der Waals surface area contributed by atoms with Gasteiger partial charge in [-0.1, -0.05) is 40.0 Å². The molecule has 0 bridgehead atoms. The Labute approximate surface area is 113 Å². The van der Waals surface area contributed by atoms with Crippen molar-refractivity contribution < 1.29 is 5.11 Å². The molecule has 1 rings (SSSR count). The van der Waals surface area contributed by atoms with Crippen molar-refractivity contribution in [3.8, 4) is 0 Å². The molecule has 1 aliphatic rings. The molecule has 104 valence electrons. The first-order chi connectivity index (χ1) is 8.21. The van der Waals surface area contributed by atoms with Crippen LogP contribution in [-0.4, -0.2) is 41.0 Å². The van der Waals surface area contributed by atoms with Crippen LogP contribution < -0.4 is 0 Å². The Kier molecular flexibility index (Phi) is 11.5. The summed E-state index contributed by atoms with van der Waals surface area (Å²) in [6.07, 6.45) is 7.22. The third-order valence-electron chi connectivity index (χ3n) is 3.38. The van der Waals surface area contributed by atoms with E-state index in [1.54, 1.807) is 0 Å². The Morgan fingerprint density at radius 2 is 1.88 bits per heavy atom. The van der Waals surface area contributed by atoms with Crippen LogP contribution >= 0.6 is 12.6 Å². The summed E-state index contributed by atoms with van der Waals surface area (Å²) < 4.78 is 0. The predicted octanol–water partition coefficient (Wildman–Crippen LogP) is 3.35. The van der Waals surface area contributed by atoms with E-state index in [4.69, 9.17) is 5.11 Å². The van der Waals surface area contributed by atoms with Gasteiger partial charge in [0.25, 0.3) is 0 Å². The van der Waals surface area contributed by atoms with Gasteiger partial charge in [-0.05, 0) is 32.4 Å². The van der Waals surface area contributed by atoms with Crippen LogP contribution in [0.15, 0.2) is 0 Å². The van der Waals surface area contributed by atoms with E-state index in [1.807, 2.05) is 0 Å². The molecule has 2 unspecified atom stereocenters. The molecule has 0 saturated carbocycles. The maximum atomic E-state index is 8.20. The first-order valence-corrected chi connectivity index (χ1v) is 7.75. The van der Waals surface area contributed by atoms with Crippen LogP contribution in [0.5, 0.6) is 0 Å². The number of rotatable bonds is 6. The summed E-state index contributed by atoms with van der Waals surface area (Å²) in [5.74, 6) is 0. The smallest absolute Gasteiger partial charge is 0.0431 e. The zero-order chi connectivity index (χ0) is 13.1. The number of thiol groups is 1. The molecule has 1 fully saturated rings. The molecule has 2 atom stereocenters. The largest absolute Gasteiger partial charge is 0.396 e. The van der Waals surface area contributed by atoms with Gasteiger partial charge in [0, 0.05) is 17.9 Å². The van der Waals surface area contributed by atoms with Gasteiger partial charge in [-0.15, -0.1) is 0 Å². The van der Waals surface area contributed by atoms with Crippen molar-refractivity contribution in [1.82, 2.24) is 4.90 Å². The van der Waals surface area contributed by atoms with Crippen molar-refractivity contribution in [2.45, 2.75) is 70.6 Å². The van der Waals surface area contributed by atoms with E-state index < -0.39 is 0 Å². The molecule has 1 saturated heterocycles. The van der Waals surface area contributed by atoms with Gasteiger partial charge in [-0.3, -0.25) is 4.90 Å². The van der Waals surface area contributed by atoms with Gasteiger partial charge >= 0.3 is 0 Å². The van der Waals surface area contributed by atoms with Crippen molar-refractivity contribution in [3.63, 3.8) is 0 Å². The van der Waals surface area contributed by atoms with Crippen LogP contribution in [0, 0.1) is 0 Å². The minimum absolute atomic E-state index is 0.355. The highest BCUT2D eigenvalue weighted by Crippen LogP contribution is 2.25. The topological polar surface area (TPSA) is 23.5 Å².